The van der Waals surface area contributed by atoms with Gasteiger partial charge < -0.3 is 10.2 Å². The third kappa shape index (κ3) is 2.29. The summed E-state index contributed by atoms with van der Waals surface area (Å²) in [4.78, 5) is 36.2. The van der Waals surface area contributed by atoms with Crippen LogP contribution in [0, 0.1) is 0 Å². The van der Waals surface area contributed by atoms with E-state index >= 15 is 0 Å². The SMILES string of the molecule is CC(C(=O)N1CCC2(C1)NC(=O)NC2=O)S(C)(=O)=O. The second-order valence-electron chi connectivity index (χ2n) is 4.97. The Bertz CT molecular complexity index is 558. The maximum Gasteiger partial charge on any atom is 0.322 e. The molecule has 2 aliphatic rings. The first-order chi connectivity index (χ1) is 8.66. The Morgan fingerprint density at radius 2 is 2.05 bits per heavy atom. The van der Waals surface area contributed by atoms with Crippen molar-refractivity contribution in [2.24, 2.45) is 0 Å². The average Bonchev–Trinajstić information content (AvgIpc) is 2.81. The fourth-order valence-electron chi connectivity index (χ4n) is 2.25. The molecular formula is C10H15N3O5S. The number of nitrogens with one attached hydrogen (secondary N) is 2. The monoisotopic (exact) mass is 289 g/mol. The number of hydrogen-bond acceptors (Lipinski definition) is 5. The van der Waals surface area contributed by atoms with Crippen LogP contribution >= 0.6 is 0 Å². The van der Waals surface area contributed by atoms with E-state index in [-0.39, 0.29) is 19.5 Å². The fraction of sp³-hybridized carbons (Fsp3) is 0.700. The van der Waals surface area contributed by atoms with Crippen LogP contribution in [0.25, 0.3) is 0 Å². The maximum absolute atomic E-state index is 12.0. The molecule has 8 nitrogen and oxygen atoms in total. The average molecular weight is 289 g/mol. The van der Waals surface area contributed by atoms with Crippen LogP contribution in [0.2, 0.25) is 0 Å². The molecule has 2 fully saturated rings. The van der Waals surface area contributed by atoms with Crippen LogP contribution in [0.4, 0.5) is 4.79 Å². The van der Waals surface area contributed by atoms with Gasteiger partial charge in [-0.05, 0) is 13.3 Å². The molecule has 19 heavy (non-hydrogen) atoms. The minimum atomic E-state index is -3.48. The molecule has 0 aromatic heterocycles. The lowest BCUT2D eigenvalue weighted by atomic mass is 10.00. The van der Waals surface area contributed by atoms with Gasteiger partial charge in [-0.25, -0.2) is 13.2 Å². The highest BCUT2D eigenvalue weighted by Gasteiger charge is 2.52. The zero-order chi connectivity index (χ0) is 14.4. The minimum absolute atomic E-state index is 0.00324. The molecule has 2 saturated heterocycles. The first-order valence-electron chi connectivity index (χ1n) is 5.77. The van der Waals surface area contributed by atoms with Gasteiger partial charge in [0.2, 0.25) is 5.91 Å². The van der Waals surface area contributed by atoms with E-state index in [2.05, 4.69) is 10.6 Å². The van der Waals surface area contributed by atoms with Gasteiger partial charge in [0.05, 0.1) is 6.54 Å². The number of hydrogen-bond donors (Lipinski definition) is 2. The lowest BCUT2D eigenvalue weighted by Gasteiger charge is -2.22. The number of likely N-dealkylation sites (tertiary alicyclic amines) is 1. The van der Waals surface area contributed by atoms with E-state index in [0.717, 1.165) is 6.26 Å². The van der Waals surface area contributed by atoms with Gasteiger partial charge in [-0.2, -0.15) is 0 Å². The van der Waals surface area contributed by atoms with Crippen molar-refractivity contribution < 1.29 is 22.8 Å². The molecule has 4 amide bonds. The number of carbonyl (C=O) groups excluding carboxylic acids is 3. The van der Waals surface area contributed by atoms with E-state index in [0.29, 0.717) is 0 Å². The maximum atomic E-state index is 12.0. The fourth-order valence-corrected chi connectivity index (χ4v) is 2.77. The first kappa shape index (κ1) is 13.8. The van der Waals surface area contributed by atoms with Crippen molar-refractivity contribution in [3.63, 3.8) is 0 Å². The molecule has 0 aromatic rings. The van der Waals surface area contributed by atoms with Crippen LogP contribution in [0.3, 0.4) is 0 Å². The molecule has 2 heterocycles. The number of carbonyl (C=O) groups is 3. The van der Waals surface area contributed by atoms with Crippen molar-refractivity contribution in [3.05, 3.63) is 0 Å². The van der Waals surface area contributed by atoms with Gasteiger partial charge in [0.15, 0.2) is 9.84 Å². The van der Waals surface area contributed by atoms with E-state index in [9.17, 15) is 22.8 Å². The molecular weight excluding hydrogens is 274 g/mol. The summed E-state index contributed by atoms with van der Waals surface area (Å²) >= 11 is 0. The summed E-state index contributed by atoms with van der Waals surface area (Å²) in [6, 6.07) is -0.588. The Morgan fingerprint density at radius 1 is 1.42 bits per heavy atom. The molecule has 106 valence electrons. The summed E-state index contributed by atoms with van der Waals surface area (Å²) in [7, 11) is -3.48. The van der Waals surface area contributed by atoms with Gasteiger partial charge in [0.25, 0.3) is 5.91 Å². The van der Waals surface area contributed by atoms with Crippen LogP contribution < -0.4 is 10.6 Å². The van der Waals surface area contributed by atoms with Crippen LogP contribution in [0.5, 0.6) is 0 Å². The van der Waals surface area contributed by atoms with Crippen molar-refractivity contribution in [1.29, 1.82) is 0 Å². The molecule has 2 unspecified atom stereocenters. The molecule has 0 saturated carbocycles. The molecule has 0 aliphatic carbocycles. The summed E-state index contributed by atoms with van der Waals surface area (Å²) in [5.74, 6) is -1.02. The second kappa shape index (κ2) is 4.19. The molecule has 0 bridgehead atoms. The van der Waals surface area contributed by atoms with E-state index < -0.39 is 38.5 Å². The molecule has 2 aliphatic heterocycles. The summed E-state index contributed by atoms with van der Waals surface area (Å²) < 4.78 is 22.7. The summed E-state index contributed by atoms with van der Waals surface area (Å²) in [5.41, 5.74) is -1.11. The van der Waals surface area contributed by atoms with Gasteiger partial charge in [-0.1, -0.05) is 0 Å². The topological polar surface area (TPSA) is 113 Å². The van der Waals surface area contributed by atoms with E-state index in [1.165, 1.54) is 11.8 Å². The van der Waals surface area contributed by atoms with Crippen molar-refractivity contribution in [1.82, 2.24) is 15.5 Å². The smallest absolute Gasteiger partial charge is 0.322 e. The van der Waals surface area contributed by atoms with E-state index in [1.54, 1.807) is 0 Å². The Labute approximate surface area is 110 Å². The number of rotatable bonds is 2. The van der Waals surface area contributed by atoms with Crippen molar-refractivity contribution in [2.45, 2.75) is 24.1 Å². The summed E-state index contributed by atoms with van der Waals surface area (Å²) in [6.07, 6.45) is 1.28. The van der Waals surface area contributed by atoms with Gasteiger partial charge in [0.1, 0.15) is 10.8 Å². The molecule has 2 atom stereocenters. The predicted octanol–water partition coefficient (Wildman–Crippen LogP) is -1.77. The zero-order valence-electron chi connectivity index (χ0n) is 10.6. The molecule has 0 aromatic carbocycles. The largest absolute Gasteiger partial charge is 0.339 e. The lowest BCUT2D eigenvalue weighted by Crippen LogP contribution is -2.50. The lowest BCUT2D eigenvalue weighted by molar-refractivity contribution is -0.130. The summed E-state index contributed by atoms with van der Waals surface area (Å²) in [5, 5.41) is 3.47. The number of amides is 4. The second-order valence-corrected chi connectivity index (χ2v) is 7.34. The Balaban J connectivity index is 2.13. The third-order valence-electron chi connectivity index (χ3n) is 3.59. The minimum Gasteiger partial charge on any atom is -0.339 e. The first-order valence-corrected chi connectivity index (χ1v) is 7.72. The van der Waals surface area contributed by atoms with Crippen LogP contribution in [0.1, 0.15) is 13.3 Å². The third-order valence-corrected chi connectivity index (χ3v) is 5.07. The number of imide groups is 1. The van der Waals surface area contributed by atoms with Crippen molar-refractivity contribution in [2.75, 3.05) is 19.3 Å². The quantitative estimate of drug-likeness (QED) is 0.584. The number of nitrogens with zero attached hydrogens (tertiary/aromatic N) is 1. The highest BCUT2D eigenvalue weighted by atomic mass is 32.2. The highest BCUT2D eigenvalue weighted by Crippen LogP contribution is 2.25. The highest BCUT2D eigenvalue weighted by molar-refractivity contribution is 7.92. The van der Waals surface area contributed by atoms with Gasteiger partial charge in [-0.15, -0.1) is 0 Å². The van der Waals surface area contributed by atoms with Crippen LogP contribution in [0.15, 0.2) is 0 Å². The molecule has 0 radical (unpaired) electrons. The predicted molar refractivity (Wildman–Crippen MR) is 64.9 cm³/mol. The Kier molecular flexibility index (Phi) is 3.04. The molecule has 1 spiro atoms. The molecule has 2 N–H and O–H groups in total. The van der Waals surface area contributed by atoms with Gasteiger partial charge >= 0.3 is 6.03 Å². The Morgan fingerprint density at radius 3 is 2.53 bits per heavy atom. The normalized spacial score (nSPS) is 28.4. The van der Waals surface area contributed by atoms with Crippen LogP contribution in [-0.2, 0) is 19.4 Å². The molecule has 2 rings (SSSR count). The zero-order valence-corrected chi connectivity index (χ0v) is 11.4. The summed E-state index contributed by atoms with van der Waals surface area (Å²) in [6.45, 7) is 1.56. The Hall–Kier alpha value is -1.64. The molecule has 9 heteroatoms. The van der Waals surface area contributed by atoms with Crippen molar-refractivity contribution in [3.8, 4) is 0 Å². The standard InChI is InChI=1S/C10H15N3O5S/c1-6(19(2,17)18)7(14)13-4-3-10(5-13)8(15)11-9(16)12-10/h6H,3-5H2,1-2H3,(H2,11,12,15,16). The van der Waals surface area contributed by atoms with Gasteiger partial charge in [0, 0.05) is 12.8 Å². The number of urea groups is 1. The van der Waals surface area contributed by atoms with E-state index in [1.807, 2.05) is 0 Å². The van der Waals surface area contributed by atoms with Gasteiger partial charge in [-0.3, -0.25) is 14.9 Å². The van der Waals surface area contributed by atoms with Crippen LogP contribution in [-0.4, -0.2) is 61.3 Å². The van der Waals surface area contributed by atoms with Crippen molar-refractivity contribution >= 4 is 27.7 Å². The van der Waals surface area contributed by atoms with E-state index in [4.69, 9.17) is 0 Å². The number of sulfone groups is 1.